The Balaban J connectivity index is 1.60. The van der Waals surface area contributed by atoms with E-state index in [0.29, 0.717) is 11.3 Å². The third kappa shape index (κ3) is 2.56. The summed E-state index contributed by atoms with van der Waals surface area (Å²) in [5, 5.41) is 6.01. The number of benzene rings is 2. The molecular formula is C24H21N3O3. The van der Waals surface area contributed by atoms with Crippen LogP contribution in [0.15, 0.2) is 65.8 Å². The first-order chi connectivity index (χ1) is 14.5. The van der Waals surface area contributed by atoms with Crippen molar-refractivity contribution in [1.29, 1.82) is 0 Å². The van der Waals surface area contributed by atoms with Crippen molar-refractivity contribution in [3.05, 3.63) is 77.4 Å². The number of rotatable bonds is 3. The molecule has 0 radical (unpaired) electrons. The molecule has 3 heterocycles. The van der Waals surface area contributed by atoms with Crippen LogP contribution in [-0.4, -0.2) is 40.9 Å². The second-order valence-electron chi connectivity index (χ2n) is 8.05. The van der Waals surface area contributed by atoms with E-state index in [-0.39, 0.29) is 17.6 Å². The van der Waals surface area contributed by atoms with E-state index in [4.69, 9.17) is 0 Å². The summed E-state index contributed by atoms with van der Waals surface area (Å²) in [6, 6.07) is 13.3. The second kappa shape index (κ2) is 6.76. The SMILES string of the molecule is Cc1ccc(N2C(=O)[C@@H]3[C@H](C2=O)[C@H]2C=CC=NN2[C@@H]3C(=O)c2ccccc2)c(C)c1. The predicted molar refractivity (Wildman–Crippen MR) is 113 cm³/mol. The molecule has 2 fully saturated rings. The van der Waals surface area contributed by atoms with Crippen LogP contribution in [-0.2, 0) is 9.59 Å². The Kier molecular flexibility index (Phi) is 4.17. The van der Waals surface area contributed by atoms with Crippen molar-refractivity contribution in [3.63, 3.8) is 0 Å². The lowest BCUT2D eigenvalue weighted by atomic mass is 9.86. The molecule has 0 N–H and O–H groups in total. The fourth-order valence-corrected chi connectivity index (χ4v) is 4.90. The van der Waals surface area contributed by atoms with Gasteiger partial charge in [0.05, 0.1) is 23.6 Å². The Morgan fingerprint density at radius 1 is 0.967 bits per heavy atom. The zero-order valence-electron chi connectivity index (χ0n) is 16.7. The van der Waals surface area contributed by atoms with Gasteiger partial charge in [-0.25, -0.2) is 4.90 Å². The highest BCUT2D eigenvalue weighted by Gasteiger charge is 2.64. The number of nitrogens with zero attached hydrogens (tertiary/aromatic N) is 3. The number of hydrogen-bond acceptors (Lipinski definition) is 5. The molecule has 2 amide bonds. The molecule has 4 atom stereocenters. The highest BCUT2D eigenvalue weighted by molar-refractivity contribution is 6.25. The highest BCUT2D eigenvalue weighted by atomic mass is 16.2. The average Bonchev–Trinajstić information content (AvgIpc) is 3.22. The van der Waals surface area contributed by atoms with Crippen LogP contribution in [0.3, 0.4) is 0 Å². The van der Waals surface area contributed by atoms with Crippen molar-refractivity contribution in [3.8, 4) is 0 Å². The molecule has 2 aromatic rings. The van der Waals surface area contributed by atoms with Crippen LogP contribution >= 0.6 is 0 Å². The smallest absolute Gasteiger partial charge is 0.240 e. The first kappa shape index (κ1) is 18.5. The van der Waals surface area contributed by atoms with Gasteiger partial charge >= 0.3 is 0 Å². The molecule has 0 unspecified atom stereocenters. The largest absolute Gasteiger partial charge is 0.292 e. The summed E-state index contributed by atoms with van der Waals surface area (Å²) in [7, 11) is 0. The molecule has 2 saturated heterocycles. The number of ketones is 1. The van der Waals surface area contributed by atoms with Gasteiger partial charge in [-0.2, -0.15) is 5.10 Å². The third-order valence-electron chi connectivity index (χ3n) is 6.21. The number of aryl methyl sites for hydroxylation is 2. The molecule has 2 aromatic carbocycles. The van der Waals surface area contributed by atoms with Gasteiger partial charge in [-0.1, -0.05) is 54.1 Å². The average molecular weight is 399 g/mol. The number of allylic oxidation sites excluding steroid dienone is 1. The maximum atomic E-state index is 13.6. The van der Waals surface area contributed by atoms with Crippen LogP contribution < -0.4 is 4.90 Å². The van der Waals surface area contributed by atoms with E-state index in [0.717, 1.165) is 11.1 Å². The second-order valence-corrected chi connectivity index (χ2v) is 8.05. The van der Waals surface area contributed by atoms with Crippen molar-refractivity contribution >= 4 is 29.5 Å². The molecule has 0 saturated carbocycles. The highest BCUT2D eigenvalue weighted by Crippen LogP contribution is 2.46. The lowest BCUT2D eigenvalue weighted by molar-refractivity contribution is -0.123. The summed E-state index contributed by atoms with van der Waals surface area (Å²) < 4.78 is 0. The molecule has 0 aliphatic carbocycles. The Hall–Kier alpha value is -3.54. The van der Waals surface area contributed by atoms with Crippen LogP contribution in [0.1, 0.15) is 21.5 Å². The molecule has 30 heavy (non-hydrogen) atoms. The number of amides is 2. The summed E-state index contributed by atoms with van der Waals surface area (Å²) in [4.78, 5) is 41.8. The van der Waals surface area contributed by atoms with E-state index in [1.165, 1.54) is 4.90 Å². The summed E-state index contributed by atoms with van der Waals surface area (Å²) in [6.45, 7) is 3.86. The van der Waals surface area contributed by atoms with Gasteiger partial charge in [-0.05, 0) is 31.6 Å². The van der Waals surface area contributed by atoms with Gasteiger partial charge in [0.15, 0.2) is 5.78 Å². The molecule has 3 aliphatic heterocycles. The lowest BCUT2D eigenvalue weighted by Gasteiger charge is -2.30. The van der Waals surface area contributed by atoms with Crippen LogP contribution in [0.2, 0.25) is 0 Å². The fourth-order valence-electron chi connectivity index (χ4n) is 4.90. The summed E-state index contributed by atoms with van der Waals surface area (Å²) >= 11 is 0. The Bertz CT molecular complexity index is 1120. The van der Waals surface area contributed by atoms with E-state index >= 15 is 0 Å². The topological polar surface area (TPSA) is 70.1 Å². The van der Waals surface area contributed by atoms with Gasteiger partial charge in [-0.3, -0.25) is 19.4 Å². The molecule has 0 bridgehead atoms. The van der Waals surface area contributed by atoms with E-state index in [1.54, 1.807) is 41.6 Å². The number of anilines is 1. The van der Waals surface area contributed by atoms with Crippen molar-refractivity contribution in [1.82, 2.24) is 5.01 Å². The van der Waals surface area contributed by atoms with Gasteiger partial charge in [0.1, 0.15) is 6.04 Å². The summed E-state index contributed by atoms with van der Waals surface area (Å²) in [5.74, 6) is -2.19. The number of carbonyl (C=O) groups is 3. The van der Waals surface area contributed by atoms with Gasteiger partial charge in [-0.15, -0.1) is 0 Å². The molecule has 5 rings (SSSR count). The van der Waals surface area contributed by atoms with Crippen molar-refractivity contribution in [2.75, 3.05) is 4.90 Å². The quantitative estimate of drug-likeness (QED) is 0.588. The number of hydrazone groups is 1. The third-order valence-corrected chi connectivity index (χ3v) is 6.21. The van der Waals surface area contributed by atoms with Gasteiger partial charge in [0.25, 0.3) is 0 Å². The minimum absolute atomic E-state index is 0.191. The van der Waals surface area contributed by atoms with Crippen molar-refractivity contribution in [2.24, 2.45) is 16.9 Å². The standard InChI is InChI=1S/C24H21N3O3/c1-14-10-11-17(15(2)13-14)26-23(29)19-18-9-6-12-25-27(18)21(20(19)24(26)30)22(28)16-7-4-3-5-8-16/h3-13,18-21H,1-2H3/t18-,19-,20-,21+/m1/s1. The monoisotopic (exact) mass is 399 g/mol. The zero-order chi connectivity index (χ0) is 21.0. The fraction of sp³-hybridized carbons (Fsp3) is 0.250. The predicted octanol–water partition coefficient (Wildman–Crippen LogP) is 2.90. The number of Topliss-reactive ketones (excluding diaryl/α,β-unsaturated/α-hetero) is 1. The maximum absolute atomic E-state index is 13.6. The number of carbonyl (C=O) groups excluding carboxylic acids is 3. The molecule has 3 aliphatic rings. The van der Waals surface area contributed by atoms with Gasteiger partial charge in [0, 0.05) is 11.8 Å². The van der Waals surface area contributed by atoms with Crippen molar-refractivity contribution < 1.29 is 14.4 Å². The number of fused-ring (bicyclic) bond motifs is 3. The van der Waals surface area contributed by atoms with E-state index in [2.05, 4.69) is 5.10 Å². The maximum Gasteiger partial charge on any atom is 0.240 e. The molecule has 6 nitrogen and oxygen atoms in total. The normalized spacial score (nSPS) is 26.9. The van der Waals surface area contributed by atoms with E-state index in [1.807, 2.05) is 44.2 Å². The minimum Gasteiger partial charge on any atom is -0.292 e. The van der Waals surface area contributed by atoms with Crippen molar-refractivity contribution in [2.45, 2.75) is 25.9 Å². The lowest BCUT2D eigenvalue weighted by Crippen LogP contribution is -2.46. The van der Waals surface area contributed by atoms with Crippen LogP contribution in [0, 0.1) is 25.7 Å². The summed E-state index contributed by atoms with van der Waals surface area (Å²) in [5.41, 5.74) is 3.02. The first-order valence-electron chi connectivity index (χ1n) is 10.0. The Labute approximate surface area is 174 Å². The van der Waals surface area contributed by atoms with Crippen LogP contribution in [0.25, 0.3) is 0 Å². The minimum atomic E-state index is -0.809. The molecule has 0 aromatic heterocycles. The molecule has 150 valence electrons. The van der Waals surface area contributed by atoms with Gasteiger partial charge in [0.2, 0.25) is 11.8 Å². The molecule has 6 heteroatoms. The van der Waals surface area contributed by atoms with E-state index in [9.17, 15) is 14.4 Å². The Morgan fingerprint density at radius 2 is 1.70 bits per heavy atom. The van der Waals surface area contributed by atoms with Gasteiger partial charge < -0.3 is 0 Å². The molecule has 0 spiro atoms. The van der Waals surface area contributed by atoms with Crippen LogP contribution in [0.5, 0.6) is 0 Å². The number of hydrogen-bond donors (Lipinski definition) is 0. The van der Waals surface area contributed by atoms with E-state index < -0.39 is 23.9 Å². The summed E-state index contributed by atoms with van der Waals surface area (Å²) in [6.07, 6.45) is 5.23. The first-order valence-corrected chi connectivity index (χ1v) is 10.0. The zero-order valence-corrected chi connectivity index (χ0v) is 16.7. The van der Waals surface area contributed by atoms with Crippen LogP contribution in [0.4, 0.5) is 5.69 Å². The number of imide groups is 1. The molecular weight excluding hydrogens is 378 g/mol. The Morgan fingerprint density at radius 3 is 2.43 bits per heavy atom.